The van der Waals surface area contributed by atoms with Gasteiger partial charge in [0.2, 0.25) is 0 Å². The number of aromatic nitrogens is 2. The molecule has 0 unspecified atom stereocenters. The summed E-state index contributed by atoms with van der Waals surface area (Å²) >= 11 is 0. The van der Waals surface area contributed by atoms with Gasteiger partial charge in [0.1, 0.15) is 17.5 Å². The Morgan fingerprint density at radius 2 is 1.87 bits per heavy atom. The van der Waals surface area contributed by atoms with E-state index < -0.39 is 0 Å². The van der Waals surface area contributed by atoms with Crippen LogP contribution in [0.15, 0.2) is 30.5 Å². The molecule has 1 atom stereocenters. The average molecular weight is 408 g/mol. The van der Waals surface area contributed by atoms with Crippen molar-refractivity contribution in [3.63, 3.8) is 0 Å². The summed E-state index contributed by atoms with van der Waals surface area (Å²) in [6.45, 7) is 9.66. The first-order chi connectivity index (χ1) is 14.7. The first kappa shape index (κ1) is 19.8. The molecule has 0 amide bonds. The van der Waals surface area contributed by atoms with Gasteiger partial charge in [-0.15, -0.1) is 0 Å². The average Bonchev–Trinajstić information content (AvgIpc) is 3.13. The second-order valence-corrected chi connectivity index (χ2v) is 9.17. The summed E-state index contributed by atoms with van der Waals surface area (Å²) in [7, 11) is 0. The van der Waals surface area contributed by atoms with E-state index in [1.54, 1.807) is 0 Å². The molecule has 6 nitrogen and oxygen atoms in total. The second-order valence-electron chi connectivity index (χ2n) is 9.17. The highest BCUT2D eigenvalue weighted by atomic mass is 16.5. The largest absolute Gasteiger partial charge is 0.378 e. The smallest absolute Gasteiger partial charge is 0.134 e. The molecule has 5 rings (SSSR count). The minimum Gasteiger partial charge on any atom is -0.378 e. The molecule has 0 saturated carbocycles. The molecule has 3 aliphatic rings. The van der Waals surface area contributed by atoms with Crippen molar-refractivity contribution in [3.8, 4) is 0 Å². The van der Waals surface area contributed by atoms with Crippen LogP contribution in [0.4, 0.5) is 17.5 Å². The van der Waals surface area contributed by atoms with Gasteiger partial charge in [0, 0.05) is 18.8 Å². The standard InChI is InChI=1S/C24H33N5O/c1-17-5-8-25-22(12-17)26-23-13-20(14-24(27-23)29-9-3-4-18(29)2)19-6-10-28(11-7-19)21-15-30-16-21/h5,8,12-14,18-19,21H,3-4,6-7,9-11,15-16H2,1-2H3,(H,25,26,27)/t18-/m1/s1. The number of ether oxygens (including phenoxy) is 1. The van der Waals surface area contributed by atoms with Crippen LogP contribution in [0, 0.1) is 6.92 Å². The zero-order chi connectivity index (χ0) is 20.5. The van der Waals surface area contributed by atoms with Crippen LogP contribution in [0.5, 0.6) is 0 Å². The number of anilines is 3. The Kier molecular flexibility index (Phi) is 5.61. The third kappa shape index (κ3) is 4.16. The normalized spacial score (nSPS) is 23.5. The maximum Gasteiger partial charge on any atom is 0.134 e. The fourth-order valence-electron chi connectivity index (χ4n) is 5.02. The van der Waals surface area contributed by atoms with Crippen molar-refractivity contribution < 1.29 is 4.74 Å². The minimum absolute atomic E-state index is 0.554. The Labute approximate surface area is 179 Å². The van der Waals surface area contributed by atoms with Gasteiger partial charge >= 0.3 is 0 Å². The van der Waals surface area contributed by atoms with Crippen LogP contribution in [0.25, 0.3) is 0 Å². The number of hydrogen-bond acceptors (Lipinski definition) is 6. The highest BCUT2D eigenvalue weighted by Crippen LogP contribution is 2.35. The Morgan fingerprint density at radius 1 is 1.03 bits per heavy atom. The molecule has 5 heterocycles. The molecule has 0 spiro atoms. The lowest BCUT2D eigenvalue weighted by Crippen LogP contribution is -2.51. The summed E-state index contributed by atoms with van der Waals surface area (Å²) in [6, 6.07) is 9.90. The summed E-state index contributed by atoms with van der Waals surface area (Å²) in [4.78, 5) is 14.6. The number of likely N-dealkylation sites (tertiary alicyclic amines) is 1. The molecule has 0 aliphatic carbocycles. The molecule has 30 heavy (non-hydrogen) atoms. The SMILES string of the molecule is Cc1ccnc(Nc2cc(C3CCN(C4COC4)CC3)cc(N3CCC[C@H]3C)n2)c1. The Balaban J connectivity index is 1.39. The van der Waals surface area contributed by atoms with Crippen LogP contribution < -0.4 is 10.2 Å². The van der Waals surface area contributed by atoms with Gasteiger partial charge in [-0.1, -0.05) is 0 Å². The number of piperidine rings is 1. The highest BCUT2D eigenvalue weighted by Gasteiger charge is 2.31. The van der Waals surface area contributed by atoms with Crippen molar-refractivity contribution in [2.24, 2.45) is 0 Å². The second kappa shape index (κ2) is 8.52. The Bertz CT molecular complexity index is 876. The maximum atomic E-state index is 5.39. The van der Waals surface area contributed by atoms with Crippen molar-refractivity contribution >= 4 is 17.5 Å². The van der Waals surface area contributed by atoms with E-state index in [1.165, 1.54) is 49.9 Å². The molecule has 3 fully saturated rings. The van der Waals surface area contributed by atoms with Gasteiger partial charge in [-0.3, -0.25) is 4.90 Å². The molecule has 160 valence electrons. The molecule has 2 aromatic heterocycles. The predicted octanol–water partition coefficient (Wildman–Crippen LogP) is 4.10. The maximum absolute atomic E-state index is 5.39. The number of nitrogens with one attached hydrogen (secondary N) is 1. The molecule has 3 aliphatic heterocycles. The van der Waals surface area contributed by atoms with Crippen LogP contribution in [0.1, 0.15) is 49.7 Å². The summed E-state index contributed by atoms with van der Waals surface area (Å²) in [6.07, 6.45) is 6.76. The number of nitrogens with zero attached hydrogens (tertiary/aromatic N) is 4. The van der Waals surface area contributed by atoms with E-state index in [-0.39, 0.29) is 0 Å². The quantitative estimate of drug-likeness (QED) is 0.806. The number of hydrogen-bond donors (Lipinski definition) is 1. The van der Waals surface area contributed by atoms with Gasteiger partial charge in [-0.05, 0) is 93.9 Å². The van der Waals surface area contributed by atoms with Crippen LogP contribution in [-0.2, 0) is 4.74 Å². The summed E-state index contributed by atoms with van der Waals surface area (Å²) in [5.74, 6) is 3.48. The number of aryl methyl sites for hydroxylation is 1. The predicted molar refractivity (Wildman–Crippen MR) is 121 cm³/mol. The van der Waals surface area contributed by atoms with E-state index in [4.69, 9.17) is 9.72 Å². The molecule has 1 N–H and O–H groups in total. The molecular formula is C24H33N5O. The third-order valence-corrected chi connectivity index (χ3v) is 6.99. The topological polar surface area (TPSA) is 53.5 Å². The van der Waals surface area contributed by atoms with E-state index in [2.05, 4.69) is 52.1 Å². The summed E-state index contributed by atoms with van der Waals surface area (Å²) in [5.41, 5.74) is 2.61. The van der Waals surface area contributed by atoms with Crippen molar-refractivity contribution in [3.05, 3.63) is 41.6 Å². The van der Waals surface area contributed by atoms with E-state index in [0.29, 0.717) is 18.0 Å². The monoisotopic (exact) mass is 407 g/mol. The van der Waals surface area contributed by atoms with E-state index >= 15 is 0 Å². The van der Waals surface area contributed by atoms with Gasteiger partial charge in [-0.25, -0.2) is 9.97 Å². The molecule has 2 aromatic rings. The van der Waals surface area contributed by atoms with E-state index in [0.717, 1.165) is 37.2 Å². The fourth-order valence-corrected chi connectivity index (χ4v) is 5.02. The van der Waals surface area contributed by atoms with Gasteiger partial charge in [0.05, 0.1) is 19.3 Å². The van der Waals surface area contributed by atoms with Crippen molar-refractivity contribution in [2.75, 3.05) is 43.1 Å². The molecule has 0 radical (unpaired) electrons. The van der Waals surface area contributed by atoms with Crippen molar-refractivity contribution in [1.82, 2.24) is 14.9 Å². The lowest BCUT2D eigenvalue weighted by molar-refractivity contribution is -0.0712. The first-order valence-corrected chi connectivity index (χ1v) is 11.5. The molecular weight excluding hydrogens is 374 g/mol. The molecule has 0 aromatic carbocycles. The molecule has 3 saturated heterocycles. The van der Waals surface area contributed by atoms with Gasteiger partial charge in [0.15, 0.2) is 0 Å². The summed E-state index contributed by atoms with van der Waals surface area (Å²) < 4.78 is 5.39. The Hall–Kier alpha value is -2.18. The highest BCUT2D eigenvalue weighted by molar-refractivity contribution is 5.58. The molecule has 0 bridgehead atoms. The first-order valence-electron chi connectivity index (χ1n) is 11.5. The van der Waals surface area contributed by atoms with Crippen LogP contribution in [-0.4, -0.2) is 59.8 Å². The van der Waals surface area contributed by atoms with Crippen LogP contribution >= 0.6 is 0 Å². The summed E-state index contributed by atoms with van der Waals surface area (Å²) in [5, 5.41) is 3.47. The fraction of sp³-hybridized carbons (Fsp3) is 0.583. The zero-order valence-corrected chi connectivity index (χ0v) is 18.2. The third-order valence-electron chi connectivity index (χ3n) is 6.99. The zero-order valence-electron chi connectivity index (χ0n) is 18.2. The lowest BCUT2D eigenvalue weighted by Gasteiger charge is -2.41. The minimum atomic E-state index is 0.554. The molecule has 6 heteroatoms. The van der Waals surface area contributed by atoms with Crippen LogP contribution in [0.3, 0.4) is 0 Å². The van der Waals surface area contributed by atoms with E-state index in [9.17, 15) is 0 Å². The Morgan fingerprint density at radius 3 is 2.53 bits per heavy atom. The van der Waals surface area contributed by atoms with Crippen LogP contribution in [0.2, 0.25) is 0 Å². The number of pyridine rings is 2. The van der Waals surface area contributed by atoms with Gasteiger partial charge in [0.25, 0.3) is 0 Å². The number of rotatable bonds is 5. The van der Waals surface area contributed by atoms with Crippen molar-refractivity contribution in [2.45, 2.75) is 57.5 Å². The van der Waals surface area contributed by atoms with Gasteiger partial charge in [-0.2, -0.15) is 0 Å². The lowest BCUT2D eigenvalue weighted by atomic mass is 9.89. The van der Waals surface area contributed by atoms with Crippen molar-refractivity contribution in [1.29, 1.82) is 0 Å². The van der Waals surface area contributed by atoms with E-state index in [1.807, 2.05) is 12.3 Å². The van der Waals surface area contributed by atoms with Gasteiger partial charge < -0.3 is 15.0 Å².